The zero-order valence-electron chi connectivity index (χ0n) is 14.6. The van der Waals surface area contributed by atoms with Gasteiger partial charge in [0.25, 0.3) is 0 Å². The van der Waals surface area contributed by atoms with Crippen LogP contribution in [0, 0.1) is 13.8 Å². The molecule has 4 aromatic rings. The number of hydrogen-bond donors (Lipinski definition) is 1. The van der Waals surface area contributed by atoms with E-state index in [1.807, 2.05) is 24.3 Å². The summed E-state index contributed by atoms with van der Waals surface area (Å²) in [6, 6.07) is 14.4. The molecule has 3 nitrogen and oxygen atoms in total. The highest BCUT2D eigenvalue weighted by atomic mass is 35.5. The summed E-state index contributed by atoms with van der Waals surface area (Å²) in [4.78, 5) is 9.93. The van der Waals surface area contributed by atoms with Gasteiger partial charge in [-0.1, -0.05) is 53.6 Å². The van der Waals surface area contributed by atoms with Gasteiger partial charge >= 0.3 is 0 Å². The molecule has 0 aliphatic rings. The summed E-state index contributed by atoms with van der Waals surface area (Å²) in [6.07, 6.45) is 1.61. The van der Waals surface area contributed by atoms with E-state index < -0.39 is 0 Å². The number of benzene rings is 2. The molecule has 2 aromatic heterocycles. The first-order valence-electron chi connectivity index (χ1n) is 8.40. The Morgan fingerprint density at radius 1 is 1.04 bits per heavy atom. The molecule has 0 unspecified atom stereocenters. The summed E-state index contributed by atoms with van der Waals surface area (Å²) in [7, 11) is 0. The smallest absolute Gasteiger partial charge is 0.139 e. The van der Waals surface area contributed by atoms with Crippen LogP contribution in [-0.2, 0) is 6.54 Å². The molecule has 2 aromatic carbocycles. The van der Waals surface area contributed by atoms with Crippen LogP contribution in [0.1, 0.15) is 16.7 Å². The second-order valence-corrected chi connectivity index (χ2v) is 7.58. The Morgan fingerprint density at radius 2 is 1.88 bits per heavy atom. The predicted octanol–water partition coefficient (Wildman–Crippen LogP) is 6.24. The molecule has 0 spiro atoms. The van der Waals surface area contributed by atoms with Crippen molar-refractivity contribution in [3.05, 3.63) is 75.9 Å². The minimum atomic E-state index is 0.619. The quantitative estimate of drug-likeness (QED) is 0.456. The number of anilines is 1. The molecular weight excluding hydrogens is 362 g/mol. The maximum atomic E-state index is 6.28. The van der Waals surface area contributed by atoms with Gasteiger partial charge in [0.2, 0.25) is 0 Å². The van der Waals surface area contributed by atoms with Gasteiger partial charge in [0, 0.05) is 22.5 Å². The monoisotopic (exact) mass is 379 g/mol. The van der Waals surface area contributed by atoms with E-state index in [-0.39, 0.29) is 0 Å². The van der Waals surface area contributed by atoms with Crippen LogP contribution in [0.2, 0.25) is 5.02 Å². The summed E-state index contributed by atoms with van der Waals surface area (Å²) in [5.41, 5.74) is 5.95. The zero-order chi connectivity index (χ0) is 18.1. The van der Waals surface area contributed by atoms with Crippen LogP contribution in [0.15, 0.2) is 54.2 Å². The Bertz CT molecular complexity index is 1090. The number of aryl methyl sites for hydroxylation is 2. The van der Waals surface area contributed by atoms with E-state index in [9.17, 15) is 0 Å². The highest BCUT2D eigenvalue weighted by molar-refractivity contribution is 7.17. The molecule has 0 saturated carbocycles. The number of rotatable bonds is 4. The maximum absolute atomic E-state index is 6.28. The average molecular weight is 380 g/mol. The normalized spacial score (nSPS) is 11.0. The first kappa shape index (κ1) is 17.0. The number of aromatic nitrogens is 2. The highest BCUT2D eigenvalue weighted by Gasteiger charge is 2.14. The molecule has 0 aliphatic carbocycles. The molecule has 130 valence electrons. The Kier molecular flexibility index (Phi) is 4.62. The lowest BCUT2D eigenvalue weighted by Gasteiger charge is -2.11. The minimum absolute atomic E-state index is 0.619. The number of thiophene rings is 1. The Hall–Kier alpha value is -2.43. The summed E-state index contributed by atoms with van der Waals surface area (Å²) in [5.74, 6) is 0.839. The van der Waals surface area contributed by atoms with Crippen molar-refractivity contribution in [2.45, 2.75) is 20.4 Å². The largest absolute Gasteiger partial charge is 0.365 e. The lowest BCUT2D eigenvalue weighted by atomic mass is 9.99. The molecule has 0 saturated heterocycles. The van der Waals surface area contributed by atoms with E-state index in [0.717, 1.165) is 26.6 Å². The van der Waals surface area contributed by atoms with Crippen LogP contribution in [-0.4, -0.2) is 9.97 Å². The molecule has 2 heterocycles. The van der Waals surface area contributed by atoms with Crippen molar-refractivity contribution < 1.29 is 0 Å². The van der Waals surface area contributed by atoms with Crippen molar-refractivity contribution in [2.24, 2.45) is 0 Å². The van der Waals surface area contributed by atoms with Crippen LogP contribution >= 0.6 is 22.9 Å². The number of fused-ring (bicyclic) bond motifs is 1. The van der Waals surface area contributed by atoms with Gasteiger partial charge in [-0.25, -0.2) is 9.97 Å². The lowest BCUT2D eigenvalue weighted by molar-refractivity contribution is 1.11. The van der Waals surface area contributed by atoms with Crippen LogP contribution in [0.5, 0.6) is 0 Å². The molecule has 0 atom stereocenters. The molecule has 0 fully saturated rings. The Balaban J connectivity index is 1.76. The van der Waals surface area contributed by atoms with Gasteiger partial charge < -0.3 is 5.32 Å². The minimum Gasteiger partial charge on any atom is -0.365 e. The second-order valence-electron chi connectivity index (χ2n) is 6.32. The number of halogens is 1. The van der Waals surface area contributed by atoms with Crippen molar-refractivity contribution in [3.63, 3.8) is 0 Å². The number of hydrogen-bond acceptors (Lipinski definition) is 4. The molecule has 4 rings (SSSR count). The second kappa shape index (κ2) is 7.06. The summed E-state index contributed by atoms with van der Waals surface area (Å²) >= 11 is 7.92. The fraction of sp³-hybridized carbons (Fsp3) is 0.143. The molecule has 0 radical (unpaired) electrons. The van der Waals surface area contributed by atoms with Gasteiger partial charge in [0.05, 0.1) is 5.39 Å². The molecule has 0 amide bonds. The van der Waals surface area contributed by atoms with Gasteiger partial charge in [-0.3, -0.25) is 0 Å². The van der Waals surface area contributed by atoms with Crippen molar-refractivity contribution in [1.29, 1.82) is 0 Å². The van der Waals surface area contributed by atoms with E-state index >= 15 is 0 Å². The van der Waals surface area contributed by atoms with E-state index in [2.05, 4.69) is 52.7 Å². The van der Waals surface area contributed by atoms with Crippen molar-refractivity contribution in [1.82, 2.24) is 9.97 Å². The standard InChI is InChI=1S/C21H18ClN3S/c1-13-7-8-16(14(2)9-13)17-11-26-21-19(17)20(24-12-25-21)23-10-15-5-3-4-6-18(15)22/h3-9,11-12H,10H2,1-2H3,(H,23,24,25). The fourth-order valence-corrected chi connectivity index (χ4v) is 4.25. The molecule has 1 N–H and O–H groups in total. The van der Waals surface area contributed by atoms with E-state index in [0.29, 0.717) is 6.54 Å². The summed E-state index contributed by atoms with van der Waals surface area (Å²) < 4.78 is 0. The zero-order valence-corrected chi connectivity index (χ0v) is 16.2. The molecule has 5 heteroatoms. The summed E-state index contributed by atoms with van der Waals surface area (Å²) in [5, 5.41) is 7.43. The SMILES string of the molecule is Cc1ccc(-c2csc3ncnc(NCc4ccccc4Cl)c23)c(C)c1. The van der Waals surface area contributed by atoms with Crippen molar-refractivity contribution in [2.75, 3.05) is 5.32 Å². The topological polar surface area (TPSA) is 37.8 Å². The number of nitrogens with one attached hydrogen (secondary N) is 1. The van der Waals surface area contributed by atoms with Crippen LogP contribution in [0.3, 0.4) is 0 Å². The van der Waals surface area contributed by atoms with Gasteiger partial charge in [0.15, 0.2) is 0 Å². The van der Waals surface area contributed by atoms with Gasteiger partial charge in [-0.2, -0.15) is 0 Å². The molecular formula is C21H18ClN3S. The molecule has 26 heavy (non-hydrogen) atoms. The van der Waals surface area contributed by atoms with E-state index in [4.69, 9.17) is 11.6 Å². The first-order valence-corrected chi connectivity index (χ1v) is 9.66. The Labute approximate surface area is 161 Å². The summed E-state index contributed by atoms with van der Waals surface area (Å²) in [6.45, 7) is 4.88. The highest BCUT2D eigenvalue weighted by Crippen LogP contribution is 2.38. The van der Waals surface area contributed by atoms with Gasteiger partial charge in [0.1, 0.15) is 17.0 Å². The van der Waals surface area contributed by atoms with E-state index in [1.54, 1.807) is 17.7 Å². The Morgan fingerprint density at radius 3 is 2.69 bits per heavy atom. The molecule has 0 bridgehead atoms. The third-order valence-corrected chi connectivity index (χ3v) is 5.70. The van der Waals surface area contributed by atoms with E-state index in [1.165, 1.54) is 22.3 Å². The maximum Gasteiger partial charge on any atom is 0.139 e. The third kappa shape index (κ3) is 3.18. The third-order valence-electron chi connectivity index (χ3n) is 4.45. The first-order chi connectivity index (χ1) is 12.6. The fourth-order valence-electron chi connectivity index (χ4n) is 3.14. The van der Waals surface area contributed by atoms with Crippen molar-refractivity contribution >= 4 is 39.0 Å². The number of nitrogens with zero attached hydrogens (tertiary/aromatic N) is 2. The van der Waals surface area contributed by atoms with Crippen LogP contribution < -0.4 is 5.32 Å². The van der Waals surface area contributed by atoms with Crippen molar-refractivity contribution in [3.8, 4) is 11.1 Å². The predicted molar refractivity (Wildman–Crippen MR) is 111 cm³/mol. The van der Waals surface area contributed by atoms with Gasteiger partial charge in [-0.05, 0) is 36.6 Å². The molecule has 0 aliphatic heterocycles. The lowest BCUT2D eigenvalue weighted by Crippen LogP contribution is -2.03. The average Bonchev–Trinajstić information content (AvgIpc) is 3.06. The van der Waals surface area contributed by atoms with Crippen LogP contribution in [0.25, 0.3) is 21.3 Å². The van der Waals surface area contributed by atoms with Gasteiger partial charge in [-0.15, -0.1) is 11.3 Å². The van der Waals surface area contributed by atoms with Crippen LogP contribution in [0.4, 0.5) is 5.82 Å².